The Morgan fingerprint density at radius 1 is 0.865 bits per heavy atom. The maximum absolute atomic E-state index is 13.5. The Morgan fingerprint density at radius 2 is 1.51 bits per heavy atom. The summed E-state index contributed by atoms with van der Waals surface area (Å²) in [5.41, 5.74) is -0.645. The van der Waals surface area contributed by atoms with Gasteiger partial charge in [-0.2, -0.15) is 13.2 Å². The second kappa shape index (κ2) is 11.5. The Balaban J connectivity index is 2.02. The van der Waals surface area contributed by atoms with Crippen molar-refractivity contribution >= 4 is 35.1 Å². The van der Waals surface area contributed by atoms with Gasteiger partial charge in [-0.1, -0.05) is 30.3 Å². The van der Waals surface area contributed by atoms with Crippen LogP contribution in [-0.2, 0) is 31.7 Å². The Hall–Kier alpha value is -4.54. The van der Waals surface area contributed by atoms with E-state index in [0.717, 1.165) is 13.2 Å². The van der Waals surface area contributed by atoms with Gasteiger partial charge in [0, 0.05) is 6.42 Å². The molecule has 0 saturated heterocycles. The SMILES string of the molecule is COC(=O)C(=O)N(c1ccccc1)c1nc(C(F)(F)F)ccc1C(=O)CCc1ccc(C(=O)OC)cc1. The first-order chi connectivity index (χ1) is 17.6. The zero-order valence-electron chi connectivity index (χ0n) is 19.7. The molecule has 0 N–H and O–H groups in total. The highest BCUT2D eigenvalue weighted by Gasteiger charge is 2.36. The van der Waals surface area contributed by atoms with Gasteiger partial charge < -0.3 is 9.47 Å². The van der Waals surface area contributed by atoms with Gasteiger partial charge in [0.15, 0.2) is 11.6 Å². The first kappa shape index (κ1) is 27.1. The van der Waals surface area contributed by atoms with Gasteiger partial charge in [0.05, 0.1) is 31.0 Å². The summed E-state index contributed by atoms with van der Waals surface area (Å²) < 4.78 is 49.6. The van der Waals surface area contributed by atoms with Crippen LogP contribution in [0.2, 0.25) is 0 Å². The predicted octanol–water partition coefficient (Wildman–Crippen LogP) is 4.54. The van der Waals surface area contributed by atoms with E-state index in [1.165, 1.54) is 43.5 Å². The minimum Gasteiger partial charge on any atom is -0.465 e. The molecule has 0 unspecified atom stereocenters. The summed E-state index contributed by atoms with van der Waals surface area (Å²) in [7, 11) is 2.19. The monoisotopic (exact) mass is 514 g/mol. The lowest BCUT2D eigenvalue weighted by molar-refractivity contribution is -0.151. The van der Waals surface area contributed by atoms with Crippen molar-refractivity contribution in [2.75, 3.05) is 19.1 Å². The third kappa shape index (κ3) is 6.37. The summed E-state index contributed by atoms with van der Waals surface area (Å²) in [4.78, 5) is 53.9. The van der Waals surface area contributed by atoms with Crippen molar-refractivity contribution < 1.29 is 41.8 Å². The van der Waals surface area contributed by atoms with Crippen LogP contribution in [0.5, 0.6) is 0 Å². The zero-order chi connectivity index (χ0) is 27.2. The zero-order valence-corrected chi connectivity index (χ0v) is 19.7. The molecule has 0 aliphatic heterocycles. The number of ether oxygens (including phenoxy) is 2. The van der Waals surface area contributed by atoms with Gasteiger partial charge in [0.2, 0.25) is 0 Å². The van der Waals surface area contributed by atoms with Gasteiger partial charge in [0.1, 0.15) is 5.69 Å². The number of nitrogens with zero attached hydrogens (tertiary/aromatic N) is 2. The number of alkyl halides is 3. The maximum Gasteiger partial charge on any atom is 0.433 e. The summed E-state index contributed by atoms with van der Waals surface area (Å²) in [5, 5.41) is 0. The van der Waals surface area contributed by atoms with E-state index >= 15 is 0 Å². The second-order valence-electron chi connectivity index (χ2n) is 7.64. The molecule has 2 aromatic carbocycles. The van der Waals surface area contributed by atoms with Crippen LogP contribution < -0.4 is 4.90 Å². The van der Waals surface area contributed by atoms with Crippen LogP contribution in [0.1, 0.15) is 38.4 Å². The number of anilines is 2. The summed E-state index contributed by atoms with van der Waals surface area (Å²) >= 11 is 0. The number of carbonyl (C=O) groups excluding carboxylic acids is 4. The van der Waals surface area contributed by atoms with Gasteiger partial charge >= 0.3 is 24.0 Å². The minimum absolute atomic E-state index is 0.0113. The summed E-state index contributed by atoms with van der Waals surface area (Å²) in [6, 6.07) is 15.2. The standard InChI is InChI=1S/C26H21F3N2O6/c1-36-24(34)17-11-8-16(9-12-17)10-14-20(32)19-13-15-21(26(27,28)29)30-22(19)31(23(33)25(35)37-2)18-6-4-3-5-7-18/h3-9,11-13,15H,10,14H2,1-2H3. The smallest absolute Gasteiger partial charge is 0.433 e. The van der Waals surface area contributed by atoms with Crippen molar-refractivity contribution in [3.63, 3.8) is 0 Å². The number of hydrogen-bond acceptors (Lipinski definition) is 7. The summed E-state index contributed by atoms with van der Waals surface area (Å²) in [6.45, 7) is 0. The van der Waals surface area contributed by atoms with Crippen LogP contribution >= 0.6 is 0 Å². The number of aromatic nitrogens is 1. The number of halogens is 3. The lowest BCUT2D eigenvalue weighted by Gasteiger charge is -2.23. The molecule has 1 aromatic heterocycles. The van der Waals surface area contributed by atoms with Crippen molar-refractivity contribution in [2.45, 2.75) is 19.0 Å². The molecule has 0 fully saturated rings. The minimum atomic E-state index is -4.88. The van der Waals surface area contributed by atoms with Gasteiger partial charge in [-0.05, 0) is 48.4 Å². The Kier molecular flexibility index (Phi) is 8.38. The van der Waals surface area contributed by atoms with Crippen LogP contribution in [-0.4, -0.2) is 42.8 Å². The van der Waals surface area contributed by atoms with E-state index in [4.69, 9.17) is 0 Å². The number of esters is 2. The fourth-order valence-corrected chi connectivity index (χ4v) is 3.40. The van der Waals surface area contributed by atoms with Crippen molar-refractivity contribution in [2.24, 2.45) is 0 Å². The van der Waals surface area contributed by atoms with Crippen LogP contribution in [0.15, 0.2) is 66.7 Å². The number of aryl methyl sites for hydroxylation is 1. The molecule has 0 aliphatic carbocycles. The average molecular weight is 514 g/mol. The van der Waals surface area contributed by atoms with Crippen LogP contribution in [0, 0.1) is 0 Å². The first-order valence-corrected chi connectivity index (χ1v) is 10.8. The lowest BCUT2D eigenvalue weighted by Crippen LogP contribution is -2.35. The molecule has 0 radical (unpaired) electrons. The number of para-hydroxylation sites is 1. The number of methoxy groups -OCH3 is 2. The fourth-order valence-electron chi connectivity index (χ4n) is 3.40. The third-order valence-corrected chi connectivity index (χ3v) is 5.27. The van der Waals surface area contributed by atoms with E-state index < -0.39 is 41.3 Å². The highest BCUT2D eigenvalue weighted by molar-refractivity contribution is 6.40. The molecular formula is C26H21F3N2O6. The molecule has 11 heteroatoms. The highest BCUT2D eigenvalue weighted by atomic mass is 19.4. The quantitative estimate of drug-likeness (QED) is 0.259. The maximum atomic E-state index is 13.5. The van der Waals surface area contributed by atoms with Crippen LogP contribution in [0.25, 0.3) is 0 Å². The van der Waals surface area contributed by atoms with Crippen molar-refractivity contribution in [3.05, 3.63) is 89.1 Å². The molecule has 0 spiro atoms. The molecule has 1 amide bonds. The number of ketones is 1. The number of rotatable bonds is 7. The van der Waals surface area contributed by atoms with E-state index in [1.807, 2.05) is 0 Å². The highest BCUT2D eigenvalue weighted by Crippen LogP contribution is 2.34. The van der Waals surface area contributed by atoms with E-state index in [2.05, 4.69) is 14.5 Å². The first-order valence-electron chi connectivity index (χ1n) is 10.8. The van der Waals surface area contributed by atoms with Gasteiger partial charge in [-0.25, -0.2) is 14.6 Å². The third-order valence-electron chi connectivity index (χ3n) is 5.27. The molecule has 0 bridgehead atoms. The predicted molar refractivity (Wildman–Crippen MR) is 125 cm³/mol. The van der Waals surface area contributed by atoms with Gasteiger partial charge in [-0.15, -0.1) is 0 Å². The lowest BCUT2D eigenvalue weighted by atomic mass is 10.0. The number of amides is 1. The molecule has 0 atom stereocenters. The number of hydrogen-bond donors (Lipinski definition) is 0. The summed E-state index contributed by atoms with van der Waals surface area (Å²) in [6.07, 6.45) is -4.86. The second-order valence-corrected chi connectivity index (χ2v) is 7.64. The van der Waals surface area contributed by atoms with Crippen molar-refractivity contribution in [1.82, 2.24) is 4.98 Å². The van der Waals surface area contributed by atoms with Crippen molar-refractivity contribution in [1.29, 1.82) is 0 Å². The normalized spacial score (nSPS) is 10.9. The number of pyridine rings is 1. The number of carbonyl (C=O) groups is 4. The molecule has 0 saturated carbocycles. The van der Waals surface area contributed by atoms with Gasteiger partial charge in [-0.3, -0.25) is 14.5 Å². The topological polar surface area (TPSA) is 103 Å². The molecular weight excluding hydrogens is 493 g/mol. The number of Topliss-reactive ketones (excluding diaryl/α,β-unsaturated/α-hetero) is 1. The Labute approximate surface area is 209 Å². The van der Waals surface area contributed by atoms with Crippen LogP contribution in [0.4, 0.5) is 24.7 Å². The molecule has 8 nitrogen and oxygen atoms in total. The van der Waals surface area contributed by atoms with Gasteiger partial charge in [0.25, 0.3) is 0 Å². The van der Waals surface area contributed by atoms with E-state index in [1.54, 1.807) is 18.2 Å². The van der Waals surface area contributed by atoms with Crippen molar-refractivity contribution in [3.8, 4) is 0 Å². The molecule has 3 rings (SSSR count). The average Bonchev–Trinajstić information content (AvgIpc) is 2.91. The number of benzene rings is 2. The van der Waals surface area contributed by atoms with Crippen LogP contribution in [0.3, 0.4) is 0 Å². The van der Waals surface area contributed by atoms with E-state index in [9.17, 15) is 32.3 Å². The summed E-state index contributed by atoms with van der Waals surface area (Å²) in [5.74, 6) is -4.48. The molecule has 3 aromatic rings. The largest absolute Gasteiger partial charge is 0.465 e. The fraction of sp³-hybridized carbons (Fsp3) is 0.192. The Morgan fingerprint density at radius 3 is 2.08 bits per heavy atom. The molecule has 37 heavy (non-hydrogen) atoms. The molecule has 1 heterocycles. The van der Waals surface area contributed by atoms with E-state index in [-0.39, 0.29) is 24.1 Å². The Bertz CT molecular complexity index is 1310. The molecule has 192 valence electrons. The molecule has 0 aliphatic rings. The van der Waals surface area contributed by atoms with E-state index in [0.29, 0.717) is 22.1 Å².